The Labute approximate surface area is 187 Å². The third-order valence-electron chi connectivity index (χ3n) is 4.89. The number of halogens is 1. The summed E-state index contributed by atoms with van der Waals surface area (Å²) in [6.45, 7) is 8.10. The van der Waals surface area contributed by atoms with Gasteiger partial charge in [-0.3, -0.25) is 9.59 Å². The first-order valence-corrected chi connectivity index (χ1v) is 10.4. The second-order valence-electron chi connectivity index (χ2n) is 8.58. The highest BCUT2D eigenvalue weighted by atomic mass is 35.5. The van der Waals surface area contributed by atoms with Crippen LogP contribution >= 0.6 is 11.6 Å². The van der Waals surface area contributed by atoms with E-state index in [1.807, 2.05) is 37.3 Å². The molecule has 3 rings (SSSR count). The molecule has 7 heteroatoms. The summed E-state index contributed by atoms with van der Waals surface area (Å²) < 4.78 is 1.74. The van der Waals surface area contributed by atoms with E-state index < -0.39 is 0 Å². The normalized spacial score (nSPS) is 11.3. The molecule has 3 aromatic rings. The molecule has 0 aliphatic carbocycles. The van der Waals surface area contributed by atoms with E-state index in [1.165, 1.54) is 4.90 Å². The Morgan fingerprint density at radius 2 is 1.81 bits per heavy atom. The van der Waals surface area contributed by atoms with Gasteiger partial charge in [0.2, 0.25) is 5.91 Å². The van der Waals surface area contributed by atoms with Gasteiger partial charge in [-0.1, -0.05) is 56.6 Å². The standard InChI is InChI=1S/C24H27ClN4O2/c1-16-9-6-7-12-19(16)29-21(14-20(27-29)24(2,3)4)26-22(30)15-28(5)23(31)17-10-8-11-18(25)13-17/h6-14H,15H2,1-5H3,(H,26,30). The molecule has 6 nitrogen and oxygen atoms in total. The van der Waals surface area contributed by atoms with Crippen LogP contribution in [0.3, 0.4) is 0 Å². The number of aromatic nitrogens is 2. The summed E-state index contributed by atoms with van der Waals surface area (Å²) in [5, 5.41) is 8.14. The van der Waals surface area contributed by atoms with Gasteiger partial charge in [-0.15, -0.1) is 0 Å². The minimum Gasteiger partial charge on any atom is -0.332 e. The number of hydrogen-bond donors (Lipinski definition) is 1. The molecule has 0 saturated heterocycles. The number of carbonyl (C=O) groups excluding carboxylic acids is 2. The van der Waals surface area contributed by atoms with E-state index in [-0.39, 0.29) is 23.8 Å². The molecule has 0 saturated carbocycles. The highest BCUT2D eigenvalue weighted by Crippen LogP contribution is 2.27. The Morgan fingerprint density at radius 1 is 1.10 bits per heavy atom. The van der Waals surface area contributed by atoms with Crippen molar-refractivity contribution in [2.75, 3.05) is 18.9 Å². The van der Waals surface area contributed by atoms with Crippen molar-refractivity contribution in [3.05, 3.63) is 76.4 Å². The largest absolute Gasteiger partial charge is 0.332 e. The summed E-state index contributed by atoms with van der Waals surface area (Å²) in [6, 6.07) is 16.4. The lowest BCUT2D eigenvalue weighted by Gasteiger charge is -2.17. The second kappa shape index (κ2) is 8.94. The number of para-hydroxylation sites is 1. The molecule has 0 spiro atoms. The number of nitrogens with zero attached hydrogens (tertiary/aromatic N) is 3. The fourth-order valence-electron chi connectivity index (χ4n) is 3.13. The van der Waals surface area contributed by atoms with Crippen molar-refractivity contribution in [3.8, 4) is 5.69 Å². The lowest BCUT2D eigenvalue weighted by molar-refractivity contribution is -0.116. The van der Waals surface area contributed by atoms with E-state index in [2.05, 4.69) is 26.1 Å². The minimum atomic E-state index is -0.312. The van der Waals surface area contributed by atoms with E-state index in [1.54, 1.807) is 36.0 Å². The lowest BCUT2D eigenvalue weighted by atomic mass is 9.92. The van der Waals surface area contributed by atoms with E-state index in [0.717, 1.165) is 16.9 Å². The third-order valence-corrected chi connectivity index (χ3v) is 5.12. The Hall–Kier alpha value is -3.12. The van der Waals surface area contributed by atoms with Crippen LogP contribution < -0.4 is 5.32 Å². The topological polar surface area (TPSA) is 67.2 Å². The molecule has 2 amide bonds. The molecule has 0 radical (unpaired) electrons. The average molecular weight is 439 g/mol. The molecule has 1 N–H and O–H groups in total. The first kappa shape index (κ1) is 22.6. The van der Waals surface area contributed by atoms with Crippen LogP contribution in [-0.4, -0.2) is 40.1 Å². The molecule has 162 valence electrons. The van der Waals surface area contributed by atoms with Crippen LogP contribution in [0.15, 0.2) is 54.6 Å². The molecule has 0 fully saturated rings. The van der Waals surface area contributed by atoms with Crippen molar-refractivity contribution in [3.63, 3.8) is 0 Å². The third kappa shape index (κ3) is 5.33. The summed E-state index contributed by atoms with van der Waals surface area (Å²) in [4.78, 5) is 26.8. The zero-order valence-corrected chi connectivity index (χ0v) is 19.2. The summed E-state index contributed by atoms with van der Waals surface area (Å²) in [5.74, 6) is -0.0265. The van der Waals surface area contributed by atoms with E-state index in [9.17, 15) is 9.59 Å². The number of rotatable bonds is 5. The quantitative estimate of drug-likeness (QED) is 0.619. The van der Waals surface area contributed by atoms with Crippen LogP contribution in [0.4, 0.5) is 5.82 Å². The first-order chi connectivity index (χ1) is 14.6. The number of amides is 2. The first-order valence-electron chi connectivity index (χ1n) is 10.0. The van der Waals surface area contributed by atoms with Gasteiger partial charge in [0.15, 0.2) is 0 Å². The van der Waals surface area contributed by atoms with Crippen molar-refractivity contribution < 1.29 is 9.59 Å². The van der Waals surface area contributed by atoms with Gasteiger partial charge in [-0.2, -0.15) is 5.10 Å². The Balaban J connectivity index is 1.83. The van der Waals surface area contributed by atoms with E-state index in [0.29, 0.717) is 16.4 Å². The number of carbonyl (C=O) groups is 2. The van der Waals surface area contributed by atoms with Gasteiger partial charge >= 0.3 is 0 Å². The Kier molecular flexibility index (Phi) is 6.51. The molecule has 1 heterocycles. The average Bonchev–Trinajstić information content (AvgIpc) is 3.11. The second-order valence-corrected chi connectivity index (χ2v) is 9.02. The van der Waals surface area contributed by atoms with Crippen molar-refractivity contribution in [1.82, 2.24) is 14.7 Å². The van der Waals surface area contributed by atoms with Gasteiger partial charge in [0.1, 0.15) is 5.82 Å². The Morgan fingerprint density at radius 3 is 2.45 bits per heavy atom. The van der Waals surface area contributed by atoms with Crippen LogP contribution in [0.2, 0.25) is 5.02 Å². The predicted molar refractivity (Wildman–Crippen MR) is 124 cm³/mol. The number of anilines is 1. The molecular weight excluding hydrogens is 412 g/mol. The fraction of sp³-hybridized carbons (Fsp3) is 0.292. The number of aryl methyl sites for hydroxylation is 1. The number of benzene rings is 2. The zero-order valence-electron chi connectivity index (χ0n) is 18.4. The molecular formula is C24H27ClN4O2. The molecule has 0 aliphatic rings. The SMILES string of the molecule is Cc1ccccc1-n1nc(C(C)(C)C)cc1NC(=O)CN(C)C(=O)c1cccc(Cl)c1. The van der Waals surface area contributed by atoms with Crippen LogP contribution in [0.25, 0.3) is 5.69 Å². The zero-order chi connectivity index (χ0) is 22.8. The van der Waals surface area contributed by atoms with Crippen LogP contribution in [0.5, 0.6) is 0 Å². The fourth-order valence-corrected chi connectivity index (χ4v) is 3.32. The molecule has 0 aliphatic heterocycles. The van der Waals surface area contributed by atoms with Gasteiger partial charge in [-0.25, -0.2) is 4.68 Å². The van der Waals surface area contributed by atoms with Gasteiger partial charge in [0.05, 0.1) is 17.9 Å². The van der Waals surface area contributed by atoms with Crippen LogP contribution in [0, 0.1) is 6.92 Å². The summed E-state index contributed by atoms with van der Waals surface area (Å²) in [6.07, 6.45) is 0. The Bertz CT molecular complexity index is 1110. The van der Waals surface area contributed by atoms with Crippen LogP contribution in [-0.2, 0) is 10.2 Å². The number of hydrogen-bond acceptors (Lipinski definition) is 3. The smallest absolute Gasteiger partial charge is 0.254 e. The summed E-state index contributed by atoms with van der Waals surface area (Å²) in [5.41, 5.74) is 3.02. The monoisotopic (exact) mass is 438 g/mol. The molecule has 0 atom stereocenters. The van der Waals surface area contributed by atoms with Gasteiger partial charge in [0, 0.05) is 29.1 Å². The van der Waals surface area contributed by atoms with Gasteiger partial charge < -0.3 is 10.2 Å². The summed E-state index contributed by atoms with van der Waals surface area (Å²) >= 11 is 5.97. The minimum absolute atomic E-state index is 0.102. The maximum atomic E-state index is 12.8. The molecule has 1 aromatic heterocycles. The van der Waals surface area contributed by atoms with Crippen molar-refractivity contribution in [2.24, 2.45) is 0 Å². The summed E-state index contributed by atoms with van der Waals surface area (Å²) in [7, 11) is 1.59. The van der Waals surface area contributed by atoms with Gasteiger partial charge in [-0.05, 0) is 36.8 Å². The van der Waals surface area contributed by atoms with Crippen LogP contribution in [0.1, 0.15) is 42.4 Å². The molecule has 31 heavy (non-hydrogen) atoms. The van der Waals surface area contributed by atoms with E-state index in [4.69, 9.17) is 16.7 Å². The number of likely N-dealkylation sites (N-methyl/N-ethyl adjacent to an activating group) is 1. The highest BCUT2D eigenvalue weighted by molar-refractivity contribution is 6.31. The maximum Gasteiger partial charge on any atom is 0.254 e. The highest BCUT2D eigenvalue weighted by Gasteiger charge is 2.23. The molecule has 0 bridgehead atoms. The number of nitrogens with one attached hydrogen (secondary N) is 1. The molecule has 2 aromatic carbocycles. The maximum absolute atomic E-state index is 12.8. The van der Waals surface area contributed by atoms with Gasteiger partial charge in [0.25, 0.3) is 5.91 Å². The predicted octanol–water partition coefficient (Wildman–Crippen LogP) is 4.84. The van der Waals surface area contributed by atoms with Crippen molar-refractivity contribution >= 4 is 29.2 Å². The van der Waals surface area contributed by atoms with Crippen molar-refractivity contribution in [1.29, 1.82) is 0 Å². The van der Waals surface area contributed by atoms with E-state index >= 15 is 0 Å². The van der Waals surface area contributed by atoms with Crippen molar-refractivity contribution in [2.45, 2.75) is 33.1 Å². The lowest BCUT2D eigenvalue weighted by Crippen LogP contribution is -2.35. The molecule has 0 unspecified atom stereocenters.